The molecule has 0 amide bonds. The second kappa shape index (κ2) is 6.89. The van der Waals surface area contributed by atoms with Crippen LogP contribution in [0.4, 0.5) is 0 Å². The van der Waals surface area contributed by atoms with Crippen LogP contribution in [-0.4, -0.2) is 19.8 Å². The van der Waals surface area contributed by atoms with Gasteiger partial charge in [-0.25, -0.2) is 0 Å². The molecule has 21 heavy (non-hydrogen) atoms. The number of ether oxygens (including phenoxy) is 2. The monoisotopic (exact) mass is 309 g/mol. The highest BCUT2D eigenvalue weighted by molar-refractivity contribution is 6.31. The maximum Gasteiger partial charge on any atom is 0.162 e. The van der Waals surface area contributed by atoms with Crippen molar-refractivity contribution < 1.29 is 9.47 Å². The van der Waals surface area contributed by atoms with E-state index < -0.39 is 0 Å². The third kappa shape index (κ3) is 3.29. The maximum atomic E-state index is 6.55. The summed E-state index contributed by atoms with van der Waals surface area (Å²) >= 11 is 6.55. The lowest BCUT2D eigenvalue weighted by atomic mass is 9.91. The normalized spacial score (nSPS) is 20.3. The molecule has 1 aromatic carbocycles. The molecule has 1 heterocycles. The van der Waals surface area contributed by atoms with Gasteiger partial charge in [-0.2, -0.15) is 0 Å². The van der Waals surface area contributed by atoms with E-state index in [0.717, 1.165) is 35.1 Å². The van der Waals surface area contributed by atoms with Gasteiger partial charge in [-0.1, -0.05) is 31.4 Å². The minimum atomic E-state index is 0.321. The van der Waals surface area contributed by atoms with E-state index in [1.54, 1.807) is 0 Å². The SMILES string of the molecule is CCNC(c1cc2c(cc1Cl)OCCCO2)C1CCCC1. The number of hydrogen-bond donors (Lipinski definition) is 1. The van der Waals surface area contributed by atoms with Gasteiger partial charge in [-0.05, 0) is 36.9 Å². The van der Waals surface area contributed by atoms with Crippen LogP contribution in [0.15, 0.2) is 12.1 Å². The molecular formula is C17H24ClNO2. The zero-order chi connectivity index (χ0) is 14.7. The fourth-order valence-corrected chi connectivity index (χ4v) is 3.75. The van der Waals surface area contributed by atoms with Gasteiger partial charge in [0, 0.05) is 23.6 Å². The van der Waals surface area contributed by atoms with E-state index in [1.165, 1.54) is 25.7 Å². The Labute approximate surface area is 132 Å². The highest BCUT2D eigenvalue weighted by Gasteiger charge is 2.28. The van der Waals surface area contributed by atoms with Crippen molar-refractivity contribution in [3.8, 4) is 11.5 Å². The lowest BCUT2D eigenvalue weighted by Gasteiger charge is -2.26. The molecule has 0 spiro atoms. The quantitative estimate of drug-likeness (QED) is 0.897. The molecule has 1 aliphatic heterocycles. The Hall–Kier alpha value is -0.930. The largest absolute Gasteiger partial charge is 0.490 e. The number of fused-ring (bicyclic) bond motifs is 1. The van der Waals surface area contributed by atoms with Crippen molar-refractivity contribution in [1.29, 1.82) is 0 Å². The average molecular weight is 310 g/mol. The van der Waals surface area contributed by atoms with E-state index >= 15 is 0 Å². The summed E-state index contributed by atoms with van der Waals surface area (Å²) in [6, 6.07) is 4.34. The summed E-state index contributed by atoms with van der Waals surface area (Å²) in [5.74, 6) is 2.29. The van der Waals surface area contributed by atoms with Crippen molar-refractivity contribution in [1.82, 2.24) is 5.32 Å². The Morgan fingerprint density at radius 3 is 2.48 bits per heavy atom. The zero-order valence-corrected chi connectivity index (χ0v) is 13.4. The fraction of sp³-hybridized carbons (Fsp3) is 0.647. The molecule has 1 fully saturated rings. The number of benzene rings is 1. The molecule has 1 saturated carbocycles. The van der Waals surface area contributed by atoms with Gasteiger partial charge < -0.3 is 14.8 Å². The predicted octanol–water partition coefficient (Wildman–Crippen LogP) is 4.34. The van der Waals surface area contributed by atoms with E-state index in [2.05, 4.69) is 18.3 Å². The van der Waals surface area contributed by atoms with E-state index in [9.17, 15) is 0 Å². The van der Waals surface area contributed by atoms with Crippen molar-refractivity contribution in [2.24, 2.45) is 5.92 Å². The molecule has 3 nitrogen and oxygen atoms in total. The lowest BCUT2D eigenvalue weighted by molar-refractivity contribution is 0.296. The van der Waals surface area contributed by atoms with Gasteiger partial charge >= 0.3 is 0 Å². The number of hydrogen-bond acceptors (Lipinski definition) is 3. The summed E-state index contributed by atoms with van der Waals surface area (Å²) < 4.78 is 11.5. The standard InChI is InChI=1S/C17H24ClNO2/c1-2-19-17(12-6-3-4-7-12)13-10-15-16(11-14(13)18)21-9-5-8-20-15/h10-12,17,19H,2-9H2,1H3. The predicted molar refractivity (Wildman–Crippen MR) is 85.4 cm³/mol. The van der Waals surface area contributed by atoms with Crippen LogP contribution in [0.2, 0.25) is 5.02 Å². The van der Waals surface area contributed by atoms with Crippen LogP contribution in [0.3, 0.4) is 0 Å². The van der Waals surface area contributed by atoms with Crippen LogP contribution >= 0.6 is 11.6 Å². The summed E-state index contributed by atoms with van der Waals surface area (Å²) in [4.78, 5) is 0. The smallest absolute Gasteiger partial charge is 0.162 e. The molecule has 0 saturated heterocycles. The third-order valence-electron chi connectivity index (χ3n) is 4.50. The Morgan fingerprint density at radius 2 is 1.81 bits per heavy atom. The maximum absolute atomic E-state index is 6.55. The summed E-state index contributed by atoms with van der Waals surface area (Å²) in [7, 11) is 0. The fourth-order valence-electron chi connectivity index (χ4n) is 3.48. The second-order valence-electron chi connectivity index (χ2n) is 5.95. The number of nitrogens with one attached hydrogen (secondary N) is 1. The van der Waals surface area contributed by atoms with Crippen LogP contribution in [0.25, 0.3) is 0 Å². The van der Waals surface area contributed by atoms with Crippen LogP contribution in [-0.2, 0) is 0 Å². The van der Waals surface area contributed by atoms with Crippen LogP contribution in [0.5, 0.6) is 11.5 Å². The molecule has 0 bridgehead atoms. The minimum Gasteiger partial charge on any atom is -0.490 e. The first-order chi connectivity index (χ1) is 10.3. The Kier molecular flexibility index (Phi) is 4.91. The number of rotatable bonds is 4. The molecule has 116 valence electrons. The molecular weight excluding hydrogens is 286 g/mol. The van der Waals surface area contributed by atoms with E-state index in [0.29, 0.717) is 25.2 Å². The summed E-state index contributed by atoms with van der Waals surface area (Å²) in [5, 5.41) is 4.41. The number of halogens is 1. The molecule has 0 aromatic heterocycles. The first-order valence-corrected chi connectivity index (χ1v) is 8.50. The molecule has 1 N–H and O–H groups in total. The van der Waals surface area contributed by atoms with Crippen molar-refractivity contribution in [2.75, 3.05) is 19.8 Å². The van der Waals surface area contributed by atoms with E-state index in [1.807, 2.05) is 6.07 Å². The first kappa shape index (κ1) is 15.0. The van der Waals surface area contributed by atoms with Crippen molar-refractivity contribution >= 4 is 11.6 Å². The van der Waals surface area contributed by atoms with Gasteiger partial charge in [0.25, 0.3) is 0 Å². The molecule has 1 unspecified atom stereocenters. The van der Waals surface area contributed by atoms with Gasteiger partial charge in [0.05, 0.1) is 13.2 Å². The highest BCUT2D eigenvalue weighted by Crippen LogP contribution is 2.42. The average Bonchev–Trinajstić information content (AvgIpc) is 2.91. The first-order valence-electron chi connectivity index (χ1n) is 8.12. The van der Waals surface area contributed by atoms with Crippen LogP contribution in [0, 0.1) is 5.92 Å². The minimum absolute atomic E-state index is 0.321. The van der Waals surface area contributed by atoms with Gasteiger partial charge in [0.15, 0.2) is 11.5 Å². The Balaban J connectivity index is 1.92. The Bertz CT molecular complexity index is 486. The van der Waals surface area contributed by atoms with Gasteiger partial charge in [0.2, 0.25) is 0 Å². The van der Waals surface area contributed by atoms with E-state index in [-0.39, 0.29) is 0 Å². The summed E-state index contributed by atoms with van der Waals surface area (Å²) in [6.07, 6.45) is 6.13. The molecule has 0 radical (unpaired) electrons. The topological polar surface area (TPSA) is 30.5 Å². The van der Waals surface area contributed by atoms with Gasteiger partial charge in [0.1, 0.15) is 0 Å². The molecule has 1 aromatic rings. The zero-order valence-electron chi connectivity index (χ0n) is 12.7. The van der Waals surface area contributed by atoms with Gasteiger partial charge in [-0.15, -0.1) is 0 Å². The van der Waals surface area contributed by atoms with Crippen molar-refractivity contribution in [3.05, 3.63) is 22.7 Å². The second-order valence-corrected chi connectivity index (χ2v) is 6.36. The summed E-state index contributed by atoms with van der Waals surface area (Å²) in [6.45, 7) is 4.51. The third-order valence-corrected chi connectivity index (χ3v) is 4.82. The highest BCUT2D eigenvalue weighted by atomic mass is 35.5. The molecule has 1 aliphatic carbocycles. The molecule has 1 atom stereocenters. The van der Waals surface area contributed by atoms with Crippen molar-refractivity contribution in [2.45, 2.75) is 45.1 Å². The van der Waals surface area contributed by atoms with Crippen molar-refractivity contribution in [3.63, 3.8) is 0 Å². The van der Waals surface area contributed by atoms with Crippen LogP contribution in [0.1, 0.15) is 50.6 Å². The lowest BCUT2D eigenvalue weighted by Crippen LogP contribution is -2.27. The van der Waals surface area contributed by atoms with E-state index in [4.69, 9.17) is 21.1 Å². The van der Waals surface area contributed by atoms with Crippen LogP contribution < -0.4 is 14.8 Å². The molecule has 2 aliphatic rings. The van der Waals surface area contributed by atoms with Gasteiger partial charge in [-0.3, -0.25) is 0 Å². The molecule has 3 rings (SSSR count). The Morgan fingerprint density at radius 1 is 1.14 bits per heavy atom. The molecule has 4 heteroatoms. The summed E-state index contributed by atoms with van der Waals surface area (Å²) in [5.41, 5.74) is 1.16.